The summed E-state index contributed by atoms with van der Waals surface area (Å²) in [7, 11) is 0. The quantitative estimate of drug-likeness (QED) is 0.177. The van der Waals surface area contributed by atoms with E-state index in [4.69, 9.17) is 0 Å². The minimum Gasteiger partial charge on any atom is -0.429 e. The summed E-state index contributed by atoms with van der Waals surface area (Å²) in [5, 5.41) is 0. The largest absolute Gasteiger partial charge is 0.573 e. The van der Waals surface area contributed by atoms with Crippen LogP contribution in [0.15, 0.2) is 54.6 Å². The van der Waals surface area contributed by atoms with Crippen LogP contribution in [0.1, 0.15) is 36.3 Å². The van der Waals surface area contributed by atoms with Gasteiger partial charge in [0, 0.05) is 16.5 Å². The average molecular weight is 605 g/mol. The lowest BCUT2D eigenvalue weighted by molar-refractivity contribution is -0.276. The van der Waals surface area contributed by atoms with E-state index in [9.17, 15) is 39.5 Å². The van der Waals surface area contributed by atoms with Crippen LogP contribution in [0.3, 0.4) is 0 Å². The summed E-state index contributed by atoms with van der Waals surface area (Å²) in [6.07, 6.45) is -9.28. The molecular weight excluding hydrogens is 583 g/mol. The Hall–Kier alpha value is -3.67. The predicted octanol–water partition coefficient (Wildman–Crippen LogP) is 10.2. The first-order valence-corrected chi connectivity index (χ1v) is 13.1. The van der Waals surface area contributed by atoms with Crippen LogP contribution >= 0.6 is 11.3 Å². The molecule has 0 unspecified atom stereocenters. The number of alkyl halides is 5. The van der Waals surface area contributed by atoms with Crippen LogP contribution in [0, 0.1) is 23.3 Å². The zero-order chi connectivity index (χ0) is 30.1. The third-order valence-corrected chi connectivity index (χ3v) is 7.28. The van der Waals surface area contributed by atoms with Crippen LogP contribution < -0.4 is 9.47 Å². The summed E-state index contributed by atoms with van der Waals surface area (Å²) in [6.45, 7) is 3.42. The van der Waals surface area contributed by atoms with Crippen molar-refractivity contribution in [1.29, 1.82) is 0 Å². The Morgan fingerprint density at radius 1 is 0.683 bits per heavy atom. The molecule has 0 saturated heterocycles. The van der Waals surface area contributed by atoms with E-state index in [1.54, 1.807) is 6.92 Å². The number of halogens is 9. The van der Waals surface area contributed by atoms with E-state index < -0.39 is 58.4 Å². The molecule has 1 heterocycles. The van der Waals surface area contributed by atoms with Gasteiger partial charge in [-0.25, -0.2) is 17.6 Å². The Bertz CT molecular complexity index is 1520. The second kappa shape index (κ2) is 11.7. The smallest absolute Gasteiger partial charge is 0.429 e. The van der Waals surface area contributed by atoms with Crippen molar-refractivity contribution in [3.05, 3.63) is 93.9 Å². The molecule has 0 atom stereocenters. The fraction of sp³-hybridized carbons (Fsp3) is 0.241. The summed E-state index contributed by atoms with van der Waals surface area (Å²) in [5.41, 5.74) is -1.53. The fourth-order valence-corrected chi connectivity index (χ4v) is 5.16. The molecule has 0 spiro atoms. The first-order valence-electron chi connectivity index (χ1n) is 12.3. The molecule has 0 bridgehead atoms. The number of thiophene rings is 1. The molecule has 0 N–H and O–H groups in total. The van der Waals surface area contributed by atoms with Gasteiger partial charge in [0.05, 0.1) is 4.88 Å². The first kappa shape index (κ1) is 30.3. The number of aryl methyl sites for hydroxylation is 2. The summed E-state index contributed by atoms with van der Waals surface area (Å²) in [6, 6.07) is 9.57. The van der Waals surface area contributed by atoms with Crippen LogP contribution in [0.2, 0.25) is 0 Å². The molecule has 0 aliphatic rings. The van der Waals surface area contributed by atoms with Gasteiger partial charge in [-0.2, -0.15) is 8.78 Å². The Kier molecular flexibility index (Phi) is 8.62. The molecule has 218 valence electrons. The highest BCUT2D eigenvalue weighted by molar-refractivity contribution is 7.15. The van der Waals surface area contributed by atoms with E-state index in [0.717, 1.165) is 4.88 Å². The van der Waals surface area contributed by atoms with Crippen LogP contribution in [-0.2, 0) is 19.0 Å². The molecule has 0 aliphatic carbocycles. The van der Waals surface area contributed by atoms with Crippen LogP contribution in [0.25, 0.3) is 21.6 Å². The van der Waals surface area contributed by atoms with Crippen molar-refractivity contribution in [3.63, 3.8) is 0 Å². The van der Waals surface area contributed by atoms with E-state index in [2.05, 4.69) is 9.47 Å². The number of hydrogen-bond donors (Lipinski definition) is 0. The van der Waals surface area contributed by atoms with Gasteiger partial charge >= 0.3 is 12.5 Å². The van der Waals surface area contributed by atoms with Crippen LogP contribution in [0.5, 0.6) is 11.5 Å². The number of rotatable bonds is 9. The van der Waals surface area contributed by atoms with Gasteiger partial charge in [0.25, 0.3) is 0 Å². The van der Waals surface area contributed by atoms with E-state index in [0.29, 0.717) is 35.1 Å². The standard InChI is InChI=1S/C29H21F9O2S/c1-3-5-17-10-19(13-23(32)26(17)40-29(36,37)38)39-28(34,35)25-21(30)11-18(12-22(25)31)15-6-8-16(9-7-15)27-24(33)14-20(4-2)41-27/h6-14H,3-5H2,1-2H3. The van der Waals surface area contributed by atoms with Gasteiger partial charge in [-0.3, -0.25) is 0 Å². The van der Waals surface area contributed by atoms with Gasteiger partial charge in [0.2, 0.25) is 0 Å². The van der Waals surface area contributed by atoms with Gasteiger partial charge < -0.3 is 9.47 Å². The summed E-state index contributed by atoms with van der Waals surface area (Å²) >= 11 is 1.26. The maximum atomic E-state index is 15.0. The molecule has 3 aromatic carbocycles. The number of benzene rings is 3. The molecule has 0 radical (unpaired) electrons. The molecular formula is C29H21F9O2S. The molecule has 4 rings (SSSR count). The average Bonchev–Trinajstić information content (AvgIpc) is 3.25. The second-order valence-electron chi connectivity index (χ2n) is 8.95. The molecule has 1 aromatic heterocycles. The van der Waals surface area contributed by atoms with Gasteiger partial charge in [-0.15, -0.1) is 24.5 Å². The number of ether oxygens (including phenoxy) is 2. The third-order valence-electron chi connectivity index (χ3n) is 5.98. The van der Waals surface area contributed by atoms with E-state index in [-0.39, 0.29) is 30.0 Å². The highest BCUT2D eigenvalue weighted by Gasteiger charge is 2.42. The van der Waals surface area contributed by atoms with Crippen LogP contribution in [-0.4, -0.2) is 6.36 Å². The van der Waals surface area contributed by atoms with E-state index in [1.807, 2.05) is 6.92 Å². The number of hydrogen-bond acceptors (Lipinski definition) is 3. The first-order chi connectivity index (χ1) is 19.2. The maximum absolute atomic E-state index is 15.0. The molecule has 0 aliphatic heterocycles. The SMILES string of the molecule is CCCc1cc(OC(F)(F)c2c(F)cc(-c3ccc(-c4sc(CC)cc4F)cc3)cc2F)cc(F)c1OC(F)(F)F. The topological polar surface area (TPSA) is 18.5 Å². The highest BCUT2D eigenvalue weighted by atomic mass is 32.1. The Morgan fingerprint density at radius 3 is 1.83 bits per heavy atom. The van der Waals surface area contributed by atoms with Gasteiger partial charge in [-0.05, 0) is 53.8 Å². The zero-order valence-corrected chi connectivity index (χ0v) is 22.3. The normalized spacial score (nSPS) is 12.1. The molecule has 0 fully saturated rings. The Morgan fingerprint density at radius 2 is 1.29 bits per heavy atom. The van der Waals surface area contributed by atoms with Crippen molar-refractivity contribution in [3.8, 4) is 33.1 Å². The van der Waals surface area contributed by atoms with Gasteiger partial charge in [0.15, 0.2) is 11.6 Å². The lowest BCUT2D eigenvalue weighted by Crippen LogP contribution is -2.25. The lowest BCUT2D eigenvalue weighted by Gasteiger charge is -2.21. The van der Waals surface area contributed by atoms with Crippen LogP contribution in [0.4, 0.5) is 39.5 Å². The third kappa shape index (κ3) is 6.80. The zero-order valence-electron chi connectivity index (χ0n) is 21.4. The summed E-state index contributed by atoms with van der Waals surface area (Å²) < 4.78 is 134. The molecule has 12 heteroatoms. The van der Waals surface area contributed by atoms with Crippen molar-refractivity contribution >= 4 is 11.3 Å². The Balaban J connectivity index is 1.62. The van der Waals surface area contributed by atoms with Crippen molar-refractivity contribution in [2.45, 2.75) is 45.6 Å². The van der Waals surface area contributed by atoms with Gasteiger partial charge in [-0.1, -0.05) is 44.5 Å². The Labute approximate surface area is 233 Å². The van der Waals surface area contributed by atoms with E-state index >= 15 is 0 Å². The molecule has 0 amide bonds. The fourth-order valence-electron chi connectivity index (χ4n) is 4.18. The second-order valence-corrected chi connectivity index (χ2v) is 10.1. The van der Waals surface area contributed by atoms with Gasteiger partial charge in [0.1, 0.15) is 28.8 Å². The highest BCUT2D eigenvalue weighted by Crippen LogP contribution is 2.40. The summed E-state index contributed by atoms with van der Waals surface area (Å²) in [4.78, 5) is 1.22. The monoisotopic (exact) mass is 604 g/mol. The minimum absolute atomic E-state index is 0.100. The maximum Gasteiger partial charge on any atom is 0.573 e. The van der Waals surface area contributed by atoms with Crippen molar-refractivity contribution in [1.82, 2.24) is 0 Å². The van der Waals surface area contributed by atoms with Crippen molar-refractivity contribution in [2.24, 2.45) is 0 Å². The predicted molar refractivity (Wildman–Crippen MR) is 136 cm³/mol. The van der Waals surface area contributed by atoms with Crippen molar-refractivity contribution < 1.29 is 49.0 Å². The van der Waals surface area contributed by atoms with E-state index in [1.165, 1.54) is 41.7 Å². The van der Waals surface area contributed by atoms with Crippen molar-refractivity contribution in [2.75, 3.05) is 0 Å². The molecule has 2 nitrogen and oxygen atoms in total. The lowest BCUT2D eigenvalue weighted by atomic mass is 10.0. The molecule has 0 saturated carbocycles. The molecule has 41 heavy (non-hydrogen) atoms. The molecule has 4 aromatic rings. The minimum atomic E-state index is -5.25. The summed E-state index contributed by atoms with van der Waals surface area (Å²) in [5.74, 6) is -7.60.